The fourth-order valence-corrected chi connectivity index (χ4v) is 3.93. The molecule has 2 aliphatic carbocycles. The minimum Gasteiger partial charge on any atom is -0.481 e. The normalized spacial score (nSPS) is 30.5. The van der Waals surface area contributed by atoms with E-state index in [2.05, 4.69) is 24.5 Å². The van der Waals surface area contributed by atoms with Gasteiger partial charge in [0.2, 0.25) is 0 Å². The maximum atomic E-state index is 12.0. The molecule has 2 aliphatic rings. The lowest BCUT2D eigenvalue weighted by atomic mass is 9.66. The highest BCUT2D eigenvalue weighted by atomic mass is 16.4. The summed E-state index contributed by atoms with van der Waals surface area (Å²) in [6.45, 7) is 4.89. The Hall–Kier alpha value is -1.26. The van der Waals surface area contributed by atoms with Gasteiger partial charge in [0.05, 0.1) is 6.42 Å². The molecule has 0 aromatic heterocycles. The number of aliphatic carboxylic acids is 1. The first-order chi connectivity index (χ1) is 9.96. The summed E-state index contributed by atoms with van der Waals surface area (Å²) in [6.07, 6.45) is 6.43. The predicted molar refractivity (Wildman–Crippen MR) is 81.0 cm³/mol. The van der Waals surface area contributed by atoms with Gasteiger partial charge < -0.3 is 15.7 Å². The maximum Gasteiger partial charge on any atom is 0.315 e. The Balaban J connectivity index is 1.76. The molecule has 0 bridgehead atoms. The number of carboxylic acids is 1. The number of amides is 2. The molecule has 2 rings (SSSR count). The van der Waals surface area contributed by atoms with E-state index in [1.54, 1.807) is 0 Å². The molecular weight excluding hydrogens is 268 g/mol. The van der Waals surface area contributed by atoms with Crippen LogP contribution in [0.2, 0.25) is 0 Å². The molecule has 2 fully saturated rings. The van der Waals surface area contributed by atoms with E-state index in [4.69, 9.17) is 5.11 Å². The second-order valence-electron chi connectivity index (χ2n) is 6.96. The van der Waals surface area contributed by atoms with Gasteiger partial charge in [-0.25, -0.2) is 4.79 Å². The van der Waals surface area contributed by atoms with Gasteiger partial charge in [-0.2, -0.15) is 0 Å². The standard InChI is InChI=1S/C16H28N2O3/c1-3-12-5-6-13(11(12)2)18-15(21)17-10-16(7-4-8-16)9-14(19)20/h11-13H,3-10H2,1-2H3,(H,19,20)(H2,17,18,21). The number of nitrogens with one attached hydrogen (secondary N) is 2. The third-order valence-corrected chi connectivity index (χ3v) is 5.63. The molecule has 0 aromatic carbocycles. The highest BCUT2D eigenvalue weighted by molar-refractivity contribution is 5.74. The first-order valence-corrected chi connectivity index (χ1v) is 8.22. The summed E-state index contributed by atoms with van der Waals surface area (Å²) in [5.74, 6) is 0.463. The van der Waals surface area contributed by atoms with Crippen LogP contribution in [-0.4, -0.2) is 29.7 Å². The van der Waals surface area contributed by atoms with Crippen LogP contribution < -0.4 is 10.6 Å². The summed E-state index contributed by atoms with van der Waals surface area (Å²) < 4.78 is 0. The monoisotopic (exact) mass is 296 g/mol. The quantitative estimate of drug-likeness (QED) is 0.705. The molecule has 120 valence electrons. The fourth-order valence-electron chi connectivity index (χ4n) is 3.93. The molecule has 0 saturated heterocycles. The van der Waals surface area contributed by atoms with Crippen molar-refractivity contribution < 1.29 is 14.7 Å². The molecule has 2 saturated carbocycles. The number of hydrogen-bond acceptors (Lipinski definition) is 2. The van der Waals surface area contributed by atoms with Crippen LogP contribution in [0.5, 0.6) is 0 Å². The van der Waals surface area contributed by atoms with Gasteiger partial charge in [-0.1, -0.05) is 26.7 Å². The summed E-state index contributed by atoms with van der Waals surface area (Å²) in [5.41, 5.74) is -0.212. The molecule has 0 heterocycles. The summed E-state index contributed by atoms with van der Waals surface area (Å²) >= 11 is 0. The van der Waals surface area contributed by atoms with Crippen LogP contribution in [0.1, 0.15) is 58.8 Å². The highest BCUT2D eigenvalue weighted by Crippen LogP contribution is 2.43. The van der Waals surface area contributed by atoms with Crippen molar-refractivity contribution in [1.82, 2.24) is 10.6 Å². The van der Waals surface area contributed by atoms with E-state index in [0.717, 1.165) is 25.7 Å². The van der Waals surface area contributed by atoms with Gasteiger partial charge in [-0.15, -0.1) is 0 Å². The van der Waals surface area contributed by atoms with Gasteiger partial charge >= 0.3 is 12.0 Å². The molecule has 3 unspecified atom stereocenters. The summed E-state index contributed by atoms with van der Waals surface area (Å²) in [4.78, 5) is 23.0. The van der Waals surface area contributed by atoms with Crippen molar-refractivity contribution in [3.8, 4) is 0 Å². The van der Waals surface area contributed by atoms with Crippen molar-refractivity contribution in [2.75, 3.05) is 6.54 Å². The number of rotatable bonds is 6. The molecule has 0 aromatic rings. The van der Waals surface area contributed by atoms with Crippen molar-refractivity contribution in [2.24, 2.45) is 17.3 Å². The third-order valence-electron chi connectivity index (χ3n) is 5.63. The van der Waals surface area contributed by atoms with Crippen LogP contribution in [0.4, 0.5) is 4.79 Å². The largest absolute Gasteiger partial charge is 0.481 e. The van der Waals surface area contributed by atoms with Gasteiger partial charge in [-0.05, 0) is 42.9 Å². The second kappa shape index (κ2) is 6.67. The molecule has 0 radical (unpaired) electrons. The van der Waals surface area contributed by atoms with Gasteiger partial charge in [0, 0.05) is 12.6 Å². The Morgan fingerprint density at radius 3 is 2.48 bits per heavy atom. The zero-order valence-corrected chi connectivity index (χ0v) is 13.2. The van der Waals surface area contributed by atoms with Crippen molar-refractivity contribution in [2.45, 2.75) is 64.8 Å². The van der Waals surface area contributed by atoms with Gasteiger partial charge in [0.15, 0.2) is 0 Å². The predicted octanol–water partition coefficient (Wildman–Crippen LogP) is 2.76. The molecule has 0 spiro atoms. The maximum absolute atomic E-state index is 12.0. The van der Waals surface area contributed by atoms with Gasteiger partial charge in [-0.3, -0.25) is 4.79 Å². The lowest BCUT2D eigenvalue weighted by Crippen LogP contribution is -2.49. The van der Waals surface area contributed by atoms with Crippen LogP contribution in [0, 0.1) is 17.3 Å². The SMILES string of the molecule is CCC1CCC(NC(=O)NCC2(CC(=O)O)CCC2)C1C. The van der Waals surface area contributed by atoms with E-state index >= 15 is 0 Å². The summed E-state index contributed by atoms with van der Waals surface area (Å²) in [7, 11) is 0. The minimum atomic E-state index is -0.771. The van der Waals surface area contributed by atoms with Crippen LogP contribution in [0.15, 0.2) is 0 Å². The van der Waals surface area contributed by atoms with Crippen molar-refractivity contribution >= 4 is 12.0 Å². The molecule has 2 amide bonds. The van der Waals surface area contributed by atoms with E-state index in [-0.39, 0.29) is 23.9 Å². The molecule has 21 heavy (non-hydrogen) atoms. The number of hydrogen-bond donors (Lipinski definition) is 3. The highest BCUT2D eigenvalue weighted by Gasteiger charge is 2.39. The zero-order valence-electron chi connectivity index (χ0n) is 13.2. The van der Waals surface area contributed by atoms with E-state index in [0.29, 0.717) is 18.4 Å². The minimum absolute atomic E-state index is 0.139. The summed E-state index contributed by atoms with van der Waals surface area (Å²) in [5, 5.41) is 14.9. The number of carbonyl (C=O) groups is 2. The van der Waals surface area contributed by atoms with Crippen LogP contribution >= 0.6 is 0 Å². The molecule has 5 heteroatoms. The average molecular weight is 296 g/mol. The third kappa shape index (κ3) is 3.89. The van der Waals surface area contributed by atoms with Crippen molar-refractivity contribution in [3.63, 3.8) is 0 Å². The molecular formula is C16H28N2O3. The van der Waals surface area contributed by atoms with E-state index in [1.807, 2.05) is 0 Å². The average Bonchev–Trinajstić information content (AvgIpc) is 2.73. The van der Waals surface area contributed by atoms with Crippen LogP contribution in [-0.2, 0) is 4.79 Å². The topological polar surface area (TPSA) is 78.4 Å². The Kier molecular flexibility index (Phi) is 5.12. The molecule has 5 nitrogen and oxygen atoms in total. The Bertz CT molecular complexity index is 393. The van der Waals surface area contributed by atoms with Crippen LogP contribution in [0.25, 0.3) is 0 Å². The second-order valence-corrected chi connectivity index (χ2v) is 6.96. The van der Waals surface area contributed by atoms with E-state index < -0.39 is 5.97 Å². The lowest BCUT2D eigenvalue weighted by Gasteiger charge is -2.40. The van der Waals surface area contributed by atoms with Crippen molar-refractivity contribution in [1.29, 1.82) is 0 Å². The number of carboxylic acid groups (broad SMARTS) is 1. The number of carbonyl (C=O) groups excluding carboxylic acids is 1. The summed E-state index contributed by atoms with van der Waals surface area (Å²) in [6, 6.07) is 0.118. The molecule has 3 atom stereocenters. The Labute approximate surface area is 126 Å². The van der Waals surface area contributed by atoms with Crippen molar-refractivity contribution in [3.05, 3.63) is 0 Å². The molecule has 3 N–H and O–H groups in total. The fraction of sp³-hybridized carbons (Fsp3) is 0.875. The first-order valence-electron chi connectivity index (χ1n) is 8.22. The zero-order chi connectivity index (χ0) is 15.5. The number of urea groups is 1. The smallest absolute Gasteiger partial charge is 0.315 e. The van der Waals surface area contributed by atoms with E-state index in [1.165, 1.54) is 12.8 Å². The van der Waals surface area contributed by atoms with Crippen LogP contribution in [0.3, 0.4) is 0 Å². The van der Waals surface area contributed by atoms with Gasteiger partial charge in [0.25, 0.3) is 0 Å². The Morgan fingerprint density at radius 1 is 1.29 bits per heavy atom. The van der Waals surface area contributed by atoms with Gasteiger partial charge in [0.1, 0.15) is 0 Å². The first kappa shape index (κ1) is 16.1. The van der Waals surface area contributed by atoms with E-state index in [9.17, 15) is 9.59 Å². The Morgan fingerprint density at radius 2 is 2.00 bits per heavy atom. The molecule has 0 aliphatic heterocycles. The lowest BCUT2D eigenvalue weighted by molar-refractivity contribution is -0.141.